The molecule has 0 saturated carbocycles. The molecular weight excluding hydrogens is 312 g/mol. The molecule has 1 aliphatic rings. The Hall–Kier alpha value is -2.33. The van der Waals surface area contributed by atoms with Crippen molar-refractivity contribution in [1.82, 2.24) is 5.32 Å². The minimum absolute atomic E-state index is 0.0715. The van der Waals surface area contributed by atoms with Gasteiger partial charge in [-0.3, -0.25) is 9.59 Å². The highest BCUT2D eigenvalue weighted by atomic mass is 35.5. The SMILES string of the molecule is O=C1CC(c2ccc(NC(=O)Cc3ccc(Cl)cc3)cc2)CN1. The Morgan fingerprint density at radius 3 is 2.43 bits per heavy atom. The van der Waals surface area contributed by atoms with Crippen LogP contribution < -0.4 is 10.6 Å². The molecular formula is C18H17ClN2O2. The van der Waals surface area contributed by atoms with Gasteiger partial charge < -0.3 is 10.6 Å². The maximum absolute atomic E-state index is 12.1. The van der Waals surface area contributed by atoms with Crippen molar-refractivity contribution in [2.45, 2.75) is 18.8 Å². The van der Waals surface area contributed by atoms with Gasteiger partial charge in [0.25, 0.3) is 0 Å². The molecule has 2 aromatic rings. The van der Waals surface area contributed by atoms with E-state index in [2.05, 4.69) is 10.6 Å². The molecule has 0 aromatic heterocycles. The summed E-state index contributed by atoms with van der Waals surface area (Å²) < 4.78 is 0. The standard InChI is InChI=1S/C18H17ClN2O2/c19-15-5-1-12(2-6-15)9-18(23)21-16-7-3-13(4-8-16)14-10-17(22)20-11-14/h1-8,14H,9-11H2,(H,20,22)(H,21,23). The van der Waals surface area contributed by atoms with Gasteiger partial charge in [-0.05, 0) is 35.4 Å². The molecule has 2 aromatic carbocycles. The lowest BCUT2D eigenvalue weighted by Gasteiger charge is -2.10. The minimum Gasteiger partial charge on any atom is -0.355 e. The Balaban J connectivity index is 1.58. The molecule has 0 aliphatic carbocycles. The molecule has 0 spiro atoms. The van der Waals surface area contributed by atoms with E-state index < -0.39 is 0 Å². The molecule has 1 atom stereocenters. The number of hydrogen-bond acceptors (Lipinski definition) is 2. The van der Waals surface area contributed by atoms with Gasteiger partial charge in [-0.1, -0.05) is 35.9 Å². The maximum Gasteiger partial charge on any atom is 0.228 e. The third kappa shape index (κ3) is 4.11. The molecule has 0 bridgehead atoms. The summed E-state index contributed by atoms with van der Waals surface area (Å²) in [5, 5.41) is 6.36. The first kappa shape index (κ1) is 15.6. The van der Waals surface area contributed by atoms with Gasteiger partial charge in [0, 0.05) is 29.6 Å². The van der Waals surface area contributed by atoms with Gasteiger partial charge in [-0.25, -0.2) is 0 Å². The van der Waals surface area contributed by atoms with E-state index >= 15 is 0 Å². The smallest absolute Gasteiger partial charge is 0.228 e. The van der Waals surface area contributed by atoms with E-state index in [1.54, 1.807) is 12.1 Å². The summed E-state index contributed by atoms with van der Waals surface area (Å²) in [6.07, 6.45) is 0.836. The van der Waals surface area contributed by atoms with Gasteiger partial charge in [-0.2, -0.15) is 0 Å². The summed E-state index contributed by atoms with van der Waals surface area (Å²) in [6, 6.07) is 14.9. The van der Waals surface area contributed by atoms with Crippen molar-refractivity contribution in [1.29, 1.82) is 0 Å². The topological polar surface area (TPSA) is 58.2 Å². The summed E-state index contributed by atoms with van der Waals surface area (Å²) in [6.45, 7) is 0.682. The number of carbonyl (C=O) groups excluding carboxylic acids is 2. The number of hydrogen-bond donors (Lipinski definition) is 2. The average Bonchev–Trinajstić information content (AvgIpc) is 2.97. The van der Waals surface area contributed by atoms with E-state index in [0.717, 1.165) is 16.8 Å². The van der Waals surface area contributed by atoms with Crippen molar-refractivity contribution in [3.63, 3.8) is 0 Å². The van der Waals surface area contributed by atoms with Crippen LogP contribution in [0.2, 0.25) is 5.02 Å². The summed E-state index contributed by atoms with van der Waals surface area (Å²) >= 11 is 5.83. The molecule has 2 amide bonds. The number of nitrogens with one attached hydrogen (secondary N) is 2. The second-order valence-electron chi connectivity index (χ2n) is 5.68. The van der Waals surface area contributed by atoms with E-state index in [-0.39, 0.29) is 17.7 Å². The molecule has 4 nitrogen and oxygen atoms in total. The average molecular weight is 329 g/mol. The highest BCUT2D eigenvalue weighted by Gasteiger charge is 2.22. The maximum atomic E-state index is 12.1. The Kier molecular flexibility index (Phi) is 4.63. The summed E-state index contributed by atoms with van der Waals surface area (Å²) in [7, 11) is 0. The van der Waals surface area contributed by atoms with E-state index in [1.807, 2.05) is 36.4 Å². The first-order valence-electron chi connectivity index (χ1n) is 7.51. The molecule has 1 fully saturated rings. The summed E-state index contributed by atoms with van der Waals surface area (Å²) in [5.74, 6) is 0.245. The van der Waals surface area contributed by atoms with Crippen LogP contribution in [0.3, 0.4) is 0 Å². The van der Waals surface area contributed by atoms with Crippen LogP contribution in [0.4, 0.5) is 5.69 Å². The number of rotatable bonds is 4. The molecule has 1 unspecified atom stereocenters. The number of anilines is 1. The number of benzene rings is 2. The van der Waals surface area contributed by atoms with E-state index in [0.29, 0.717) is 24.4 Å². The second-order valence-corrected chi connectivity index (χ2v) is 6.11. The first-order valence-corrected chi connectivity index (χ1v) is 7.89. The Bertz CT molecular complexity index is 711. The van der Waals surface area contributed by atoms with Crippen LogP contribution >= 0.6 is 11.6 Å². The quantitative estimate of drug-likeness (QED) is 0.906. The molecule has 0 radical (unpaired) electrons. The largest absolute Gasteiger partial charge is 0.355 e. The lowest BCUT2D eigenvalue weighted by atomic mass is 9.98. The minimum atomic E-state index is -0.0715. The van der Waals surface area contributed by atoms with Crippen molar-refractivity contribution < 1.29 is 9.59 Å². The predicted molar refractivity (Wildman–Crippen MR) is 90.6 cm³/mol. The fourth-order valence-electron chi connectivity index (χ4n) is 2.67. The Morgan fingerprint density at radius 2 is 1.83 bits per heavy atom. The summed E-state index contributed by atoms with van der Waals surface area (Å²) in [5.41, 5.74) is 2.78. The van der Waals surface area contributed by atoms with E-state index in [1.165, 1.54) is 0 Å². The van der Waals surface area contributed by atoms with Crippen molar-refractivity contribution in [2.75, 3.05) is 11.9 Å². The third-order valence-electron chi connectivity index (χ3n) is 3.92. The van der Waals surface area contributed by atoms with Crippen molar-refractivity contribution in [3.05, 3.63) is 64.7 Å². The third-order valence-corrected chi connectivity index (χ3v) is 4.17. The van der Waals surface area contributed by atoms with Gasteiger partial charge in [0.1, 0.15) is 0 Å². The molecule has 118 valence electrons. The number of amides is 2. The van der Waals surface area contributed by atoms with Crippen LogP contribution in [-0.4, -0.2) is 18.4 Å². The van der Waals surface area contributed by atoms with E-state index in [4.69, 9.17) is 11.6 Å². The van der Waals surface area contributed by atoms with Crippen molar-refractivity contribution in [3.8, 4) is 0 Å². The van der Waals surface area contributed by atoms with Gasteiger partial charge in [0.15, 0.2) is 0 Å². The summed E-state index contributed by atoms with van der Waals surface area (Å²) in [4.78, 5) is 23.3. The Morgan fingerprint density at radius 1 is 1.13 bits per heavy atom. The van der Waals surface area contributed by atoms with Crippen LogP contribution in [-0.2, 0) is 16.0 Å². The van der Waals surface area contributed by atoms with Gasteiger partial charge in [0.2, 0.25) is 11.8 Å². The molecule has 3 rings (SSSR count). The zero-order valence-electron chi connectivity index (χ0n) is 12.5. The highest BCUT2D eigenvalue weighted by Crippen LogP contribution is 2.24. The fraction of sp³-hybridized carbons (Fsp3) is 0.222. The van der Waals surface area contributed by atoms with Crippen LogP contribution in [0.5, 0.6) is 0 Å². The zero-order chi connectivity index (χ0) is 16.2. The normalized spacial score (nSPS) is 16.9. The predicted octanol–water partition coefficient (Wildman–Crippen LogP) is 3.12. The fourth-order valence-corrected chi connectivity index (χ4v) is 2.80. The van der Waals surface area contributed by atoms with Crippen LogP contribution in [0.25, 0.3) is 0 Å². The number of halogens is 1. The van der Waals surface area contributed by atoms with Crippen LogP contribution in [0.15, 0.2) is 48.5 Å². The van der Waals surface area contributed by atoms with Gasteiger partial charge >= 0.3 is 0 Å². The van der Waals surface area contributed by atoms with Crippen LogP contribution in [0.1, 0.15) is 23.5 Å². The lowest BCUT2D eigenvalue weighted by Crippen LogP contribution is -2.14. The molecule has 1 aliphatic heterocycles. The monoisotopic (exact) mass is 328 g/mol. The lowest BCUT2D eigenvalue weighted by molar-refractivity contribution is -0.119. The highest BCUT2D eigenvalue weighted by molar-refractivity contribution is 6.30. The first-order chi connectivity index (χ1) is 11.1. The molecule has 5 heteroatoms. The van der Waals surface area contributed by atoms with E-state index in [9.17, 15) is 9.59 Å². The van der Waals surface area contributed by atoms with Crippen LogP contribution in [0, 0.1) is 0 Å². The van der Waals surface area contributed by atoms with Crippen molar-refractivity contribution >= 4 is 29.1 Å². The van der Waals surface area contributed by atoms with Gasteiger partial charge in [-0.15, -0.1) is 0 Å². The molecule has 1 saturated heterocycles. The van der Waals surface area contributed by atoms with Gasteiger partial charge in [0.05, 0.1) is 6.42 Å². The number of carbonyl (C=O) groups is 2. The van der Waals surface area contributed by atoms with Crippen molar-refractivity contribution in [2.24, 2.45) is 0 Å². The molecule has 1 heterocycles. The zero-order valence-corrected chi connectivity index (χ0v) is 13.3. The molecule has 23 heavy (non-hydrogen) atoms. The Labute approximate surface area is 139 Å². The molecule has 2 N–H and O–H groups in total. The second kappa shape index (κ2) is 6.84.